The van der Waals surface area contributed by atoms with Crippen LogP contribution in [0.1, 0.15) is 49.4 Å². The second-order valence-corrected chi connectivity index (χ2v) is 5.68. The maximum absolute atomic E-state index is 11.8. The molecule has 3 amide bonds. The summed E-state index contributed by atoms with van der Waals surface area (Å²) in [5.41, 5.74) is 0.0751. The van der Waals surface area contributed by atoms with E-state index in [2.05, 4.69) is 21.1 Å². The predicted molar refractivity (Wildman–Crippen MR) is 93.3 cm³/mol. The first-order valence-electron chi connectivity index (χ1n) is 8.73. The third-order valence-corrected chi connectivity index (χ3v) is 3.72. The second kappa shape index (κ2) is 11.0. The van der Waals surface area contributed by atoms with Crippen molar-refractivity contribution in [3.63, 3.8) is 0 Å². The molecule has 2 atom stereocenters. The van der Waals surface area contributed by atoms with E-state index in [0.717, 1.165) is 6.42 Å². The topological polar surface area (TPSA) is 130 Å². The van der Waals surface area contributed by atoms with Gasteiger partial charge in [-0.3, -0.25) is 14.4 Å². The number of carbonyl (C=O) groups is 4. The van der Waals surface area contributed by atoms with Crippen LogP contribution in [0, 0.1) is 12.8 Å². The number of hydrogen-bond donors (Lipinski definition) is 3. The number of carbonyl (C=O) groups excluding carboxylic acids is 4. The van der Waals surface area contributed by atoms with Gasteiger partial charge in [0.1, 0.15) is 12.0 Å². The molecular weight excluding hydrogens is 340 g/mol. The Hall–Kier alpha value is -2.71. The van der Waals surface area contributed by atoms with Gasteiger partial charge in [-0.25, -0.2) is 0 Å². The molecule has 9 nitrogen and oxygen atoms in total. The molecule has 1 unspecified atom stereocenters. The Balaban J connectivity index is 0.00000163. The van der Waals surface area contributed by atoms with E-state index in [1.54, 1.807) is 6.92 Å². The number of aldehydes is 1. The van der Waals surface area contributed by atoms with E-state index in [4.69, 9.17) is 4.52 Å². The molecular formula is C17H26N4O5. The highest BCUT2D eigenvalue weighted by atomic mass is 16.5. The number of amides is 3. The molecule has 2 rings (SSSR count). The van der Waals surface area contributed by atoms with Gasteiger partial charge in [-0.05, 0) is 26.2 Å². The van der Waals surface area contributed by atoms with Gasteiger partial charge in [0.15, 0.2) is 5.69 Å². The first-order chi connectivity index (χ1) is 12.5. The fourth-order valence-corrected chi connectivity index (χ4v) is 2.50. The molecule has 0 aromatic carbocycles. The molecule has 9 heteroatoms. The standard InChI is InChI=1S/C15H20N4O5.C2H6/c1-9-5-12(19-24-9)15(23)17-7-13(21)18-11(8-20)6-10-3-2-4-16-14(10)22;1-2/h5,8,10-11H,2-4,6-7H2,1H3,(H,16,22)(H,17,23)(H,18,21);1-2H3/t10-,11?;/m0./s1. The van der Waals surface area contributed by atoms with Crippen LogP contribution in [0.25, 0.3) is 0 Å². The second-order valence-electron chi connectivity index (χ2n) is 5.68. The molecule has 1 aromatic rings. The van der Waals surface area contributed by atoms with Crippen molar-refractivity contribution in [2.24, 2.45) is 5.92 Å². The molecule has 2 heterocycles. The molecule has 1 aliphatic rings. The van der Waals surface area contributed by atoms with Crippen LogP contribution in [0.15, 0.2) is 10.6 Å². The van der Waals surface area contributed by atoms with Gasteiger partial charge >= 0.3 is 0 Å². The van der Waals surface area contributed by atoms with Crippen molar-refractivity contribution in [3.05, 3.63) is 17.5 Å². The number of aryl methyl sites for hydroxylation is 1. The average Bonchev–Trinajstić information content (AvgIpc) is 3.09. The molecule has 0 saturated carbocycles. The van der Waals surface area contributed by atoms with E-state index < -0.39 is 17.9 Å². The number of piperidine rings is 1. The van der Waals surface area contributed by atoms with Gasteiger partial charge in [-0.2, -0.15) is 0 Å². The van der Waals surface area contributed by atoms with Crippen LogP contribution in [0.2, 0.25) is 0 Å². The Kier molecular flexibility index (Phi) is 9.04. The molecule has 1 aliphatic heterocycles. The highest BCUT2D eigenvalue weighted by Gasteiger charge is 2.26. The van der Waals surface area contributed by atoms with Gasteiger partial charge in [0, 0.05) is 18.5 Å². The zero-order valence-corrected chi connectivity index (χ0v) is 15.3. The molecule has 0 spiro atoms. The molecule has 144 valence electrons. The summed E-state index contributed by atoms with van der Waals surface area (Å²) in [7, 11) is 0. The van der Waals surface area contributed by atoms with E-state index in [0.29, 0.717) is 25.0 Å². The number of hydrogen-bond acceptors (Lipinski definition) is 6. The van der Waals surface area contributed by atoms with Gasteiger partial charge in [0.2, 0.25) is 11.8 Å². The van der Waals surface area contributed by atoms with Gasteiger partial charge in [0.25, 0.3) is 5.91 Å². The first-order valence-corrected chi connectivity index (χ1v) is 8.73. The summed E-state index contributed by atoms with van der Waals surface area (Å²) in [6.45, 7) is 5.99. The summed E-state index contributed by atoms with van der Waals surface area (Å²) in [4.78, 5) is 46.4. The van der Waals surface area contributed by atoms with Crippen molar-refractivity contribution in [1.82, 2.24) is 21.1 Å². The Morgan fingerprint density at radius 3 is 2.77 bits per heavy atom. The van der Waals surface area contributed by atoms with E-state index in [1.807, 2.05) is 13.8 Å². The lowest BCUT2D eigenvalue weighted by molar-refractivity contribution is -0.128. The predicted octanol–water partition coefficient (Wildman–Crippen LogP) is 0.339. The zero-order chi connectivity index (χ0) is 19.5. The molecule has 1 saturated heterocycles. The van der Waals surface area contributed by atoms with Gasteiger partial charge < -0.3 is 25.3 Å². The lowest BCUT2D eigenvalue weighted by atomic mass is 9.92. The SMILES string of the molecule is CC.Cc1cc(C(=O)NCC(=O)NC(C=O)C[C@@H]2CCCNC2=O)no1. The smallest absolute Gasteiger partial charge is 0.273 e. The molecule has 0 bridgehead atoms. The van der Waals surface area contributed by atoms with Gasteiger partial charge in [-0.15, -0.1) is 0 Å². The molecule has 0 aliphatic carbocycles. The molecule has 3 N–H and O–H groups in total. The lowest BCUT2D eigenvalue weighted by Gasteiger charge is -2.24. The molecule has 0 radical (unpaired) electrons. The van der Waals surface area contributed by atoms with Crippen molar-refractivity contribution >= 4 is 24.0 Å². The Morgan fingerprint density at radius 2 is 2.19 bits per heavy atom. The first kappa shape index (κ1) is 21.3. The average molecular weight is 366 g/mol. The van der Waals surface area contributed by atoms with Crippen LogP contribution in [-0.2, 0) is 14.4 Å². The number of nitrogens with zero attached hydrogens (tertiary/aromatic N) is 1. The third kappa shape index (κ3) is 6.66. The summed E-state index contributed by atoms with van der Waals surface area (Å²) in [6.07, 6.45) is 2.39. The van der Waals surface area contributed by atoms with Crippen LogP contribution in [0.4, 0.5) is 0 Å². The van der Waals surface area contributed by atoms with Crippen LogP contribution in [-0.4, -0.2) is 48.3 Å². The maximum Gasteiger partial charge on any atom is 0.273 e. The maximum atomic E-state index is 11.8. The number of nitrogens with one attached hydrogen (secondary N) is 3. The van der Waals surface area contributed by atoms with E-state index in [1.165, 1.54) is 6.07 Å². The number of rotatable bonds is 7. The fourth-order valence-electron chi connectivity index (χ4n) is 2.50. The monoisotopic (exact) mass is 366 g/mol. The summed E-state index contributed by atoms with van der Waals surface area (Å²) in [6, 6.07) is 0.681. The Bertz CT molecular complexity index is 628. The summed E-state index contributed by atoms with van der Waals surface area (Å²) < 4.78 is 4.77. The van der Waals surface area contributed by atoms with Crippen LogP contribution in [0.5, 0.6) is 0 Å². The van der Waals surface area contributed by atoms with Crippen molar-refractivity contribution in [2.45, 2.75) is 46.1 Å². The highest BCUT2D eigenvalue weighted by Crippen LogP contribution is 2.16. The summed E-state index contributed by atoms with van der Waals surface area (Å²) in [5, 5.41) is 11.2. The lowest BCUT2D eigenvalue weighted by Crippen LogP contribution is -2.46. The minimum Gasteiger partial charge on any atom is -0.361 e. The van der Waals surface area contributed by atoms with Crippen LogP contribution < -0.4 is 16.0 Å². The van der Waals surface area contributed by atoms with Crippen molar-refractivity contribution < 1.29 is 23.7 Å². The molecule has 26 heavy (non-hydrogen) atoms. The Morgan fingerprint density at radius 1 is 1.46 bits per heavy atom. The quantitative estimate of drug-likeness (QED) is 0.597. The largest absolute Gasteiger partial charge is 0.361 e. The molecule has 1 aromatic heterocycles. The van der Waals surface area contributed by atoms with E-state index >= 15 is 0 Å². The van der Waals surface area contributed by atoms with Crippen molar-refractivity contribution in [3.8, 4) is 0 Å². The zero-order valence-electron chi connectivity index (χ0n) is 15.3. The van der Waals surface area contributed by atoms with Gasteiger partial charge in [-0.1, -0.05) is 19.0 Å². The Labute approximate surface area is 152 Å². The highest BCUT2D eigenvalue weighted by molar-refractivity contribution is 5.95. The third-order valence-electron chi connectivity index (χ3n) is 3.72. The van der Waals surface area contributed by atoms with Crippen molar-refractivity contribution in [2.75, 3.05) is 13.1 Å². The van der Waals surface area contributed by atoms with Gasteiger partial charge in [0.05, 0.1) is 12.6 Å². The fraction of sp³-hybridized carbons (Fsp3) is 0.588. The van der Waals surface area contributed by atoms with E-state index in [9.17, 15) is 19.2 Å². The minimum atomic E-state index is -0.766. The summed E-state index contributed by atoms with van der Waals surface area (Å²) >= 11 is 0. The van der Waals surface area contributed by atoms with E-state index in [-0.39, 0.29) is 30.5 Å². The minimum absolute atomic E-state index is 0.0751. The van der Waals surface area contributed by atoms with Crippen LogP contribution >= 0.6 is 0 Å². The summed E-state index contributed by atoms with van der Waals surface area (Å²) in [5.74, 6) is -0.969. The van der Waals surface area contributed by atoms with Crippen LogP contribution in [0.3, 0.4) is 0 Å². The number of aromatic nitrogens is 1. The normalized spacial score (nSPS) is 17.2. The molecule has 1 fully saturated rings. The van der Waals surface area contributed by atoms with Crippen molar-refractivity contribution in [1.29, 1.82) is 0 Å².